The van der Waals surface area contributed by atoms with Gasteiger partial charge in [0.05, 0.1) is 33.6 Å². The zero-order valence-corrected chi connectivity index (χ0v) is 19.7. The van der Waals surface area contributed by atoms with Crippen molar-refractivity contribution in [2.24, 2.45) is 4.99 Å². The van der Waals surface area contributed by atoms with Crippen LogP contribution in [0.2, 0.25) is 0 Å². The molecule has 2 aromatic heterocycles. The highest BCUT2D eigenvalue weighted by atomic mass is 127. The number of guanidine groups is 1. The minimum atomic E-state index is 0. The summed E-state index contributed by atoms with van der Waals surface area (Å²) < 4.78 is 16.1. The van der Waals surface area contributed by atoms with E-state index in [0.717, 1.165) is 36.8 Å². The molecule has 2 heterocycles. The van der Waals surface area contributed by atoms with Crippen molar-refractivity contribution in [2.75, 3.05) is 20.8 Å². The fraction of sp³-hybridized carbons (Fsp3) is 0.286. The molecule has 0 saturated heterocycles. The molecular formula is C21H26IN3O3S. The summed E-state index contributed by atoms with van der Waals surface area (Å²) in [6, 6.07) is 13.9. The average molecular weight is 527 g/mol. The van der Waals surface area contributed by atoms with Crippen molar-refractivity contribution in [1.29, 1.82) is 0 Å². The summed E-state index contributed by atoms with van der Waals surface area (Å²) in [6.07, 6.45) is 2.49. The van der Waals surface area contributed by atoms with Crippen LogP contribution in [0, 0.1) is 0 Å². The lowest BCUT2D eigenvalue weighted by Crippen LogP contribution is -2.37. The first-order valence-corrected chi connectivity index (χ1v) is 9.94. The van der Waals surface area contributed by atoms with Crippen LogP contribution < -0.4 is 20.1 Å². The minimum absolute atomic E-state index is 0. The Labute approximate surface area is 192 Å². The summed E-state index contributed by atoms with van der Waals surface area (Å²) in [5.41, 5.74) is 1.04. The predicted molar refractivity (Wildman–Crippen MR) is 128 cm³/mol. The number of benzene rings is 1. The van der Waals surface area contributed by atoms with Crippen molar-refractivity contribution in [1.82, 2.24) is 10.6 Å². The molecule has 156 valence electrons. The SMILES string of the molecule is COc1ccc(CN=C(NCCc2ccco2)NCc2cccs2)cc1OC.I. The average Bonchev–Trinajstić information content (AvgIpc) is 3.43. The van der Waals surface area contributed by atoms with Gasteiger partial charge < -0.3 is 24.5 Å². The van der Waals surface area contributed by atoms with E-state index in [1.807, 2.05) is 36.4 Å². The number of aliphatic imine (C=N–C) groups is 1. The highest BCUT2D eigenvalue weighted by molar-refractivity contribution is 14.0. The number of hydrogen-bond donors (Lipinski definition) is 2. The molecule has 2 N–H and O–H groups in total. The van der Waals surface area contributed by atoms with Gasteiger partial charge in [0.1, 0.15) is 5.76 Å². The van der Waals surface area contributed by atoms with E-state index in [2.05, 4.69) is 22.1 Å². The molecule has 0 radical (unpaired) electrons. The Morgan fingerprint density at radius 2 is 1.93 bits per heavy atom. The number of nitrogens with one attached hydrogen (secondary N) is 2. The number of hydrogen-bond acceptors (Lipinski definition) is 5. The smallest absolute Gasteiger partial charge is 0.191 e. The maximum atomic E-state index is 5.39. The van der Waals surface area contributed by atoms with Crippen molar-refractivity contribution in [3.05, 3.63) is 70.3 Å². The minimum Gasteiger partial charge on any atom is -0.493 e. The van der Waals surface area contributed by atoms with Crippen LogP contribution >= 0.6 is 35.3 Å². The van der Waals surface area contributed by atoms with E-state index in [1.54, 1.807) is 31.8 Å². The second-order valence-corrected chi connectivity index (χ2v) is 7.08. The first kappa shape index (κ1) is 23.1. The third kappa shape index (κ3) is 7.28. The zero-order chi connectivity index (χ0) is 19.6. The molecule has 0 aliphatic heterocycles. The monoisotopic (exact) mass is 527 g/mol. The van der Waals surface area contributed by atoms with Crippen molar-refractivity contribution >= 4 is 41.3 Å². The highest BCUT2D eigenvalue weighted by Crippen LogP contribution is 2.27. The van der Waals surface area contributed by atoms with Gasteiger partial charge in [-0.2, -0.15) is 0 Å². The zero-order valence-electron chi connectivity index (χ0n) is 16.5. The van der Waals surface area contributed by atoms with E-state index in [1.165, 1.54) is 4.88 Å². The summed E-state index contributed by atoms with van der Waals surface area (Å²) in [5, 5.41) is 8.83. The van der Waals surface area contributed by atoms with E-state index in [4.69, 9.17) is 18.9 Å². The molecule has 0 bridgehead atoms. The molecule has 0 spiro atoms. The topological polar surface area (TPSA) is 68.0 Å². The number of halogens is 1. The summed E-state index contributed by atoms with van der Waals surface area (Å²) in [6.45, 7) is 1.99. The van der Waals surface area contributed by atoms with Gasteiger partial charge in [0.15, 0.2) is 17.5 Å². The summed E-state index contributed by atoms with van der Waals surface area (Å²) in [4.78, 5) is 5.97. The third-order valence-corrected chi connectivity index (χ3v) is 5.00. The van der Waals surface area contributed by atoms with Crippen molar-refractivity contribution in [3.63, 3.8) is 0 Å². The molecule has 0 saturated carbocycles. The number of rotatable bonds is 9. The van der Waals surface area contributed by atoms with Crippen molar-refractivity contribution in [2.45, 2.75) is 19.5 Å². The van der Waals surface area contributed by atoms with Crippen LogP contribution in [0.4, 0.5) is 0 Å². The van der Waals surface area contributed by atoms with Gasteiger partial charge in [0.25, 0.3) is 0 Å². The van der Waals surface area contributed by atoms with Crippen LogP contribution in [0.25, 0.3) is 0 Å². The molecule has 29 heavy (non-hydrogen) atoms. The Morgan fingerprint density at radius 1 is 1.07 bits per heavy atom. The maximum absolute atomic E-state index is 5.39. The number of methoxy groups -OCH3 is 2. The molecule has 8 heteroatoms. The molecule has 3 rings (SSSR count). The number of nitrogens with zero attached hydrogens (tertiary/aromatic N) is 1. The summed E-state index contributed by atoms with van der Waals surface area (Å²) >= 11 is 1.72. The van der Waals surface area contributed by atoms with Crippen LogP contribution in [0.1, 0.15) is 16.2 Å². The van der Waals surface area contributed by atoms with Crippen LogP contribution in [0.3, 0.4) is 0 Å². The van der Waals surface area contributed by atoms with E-state index >= 15 is 0 Å². The van der Waals surface area contributed by atoms with Gasteiger partial charge in [0, 0.05) is 17.8 Å². The molecule has 0 fully saturated rings. The Kier molecular flexibility index (Phi) is 9.85. The standard InChI is InChI=1S/C21H25N3O3S.HI/c1-25-19-8-7-16(13-20(19)26-2)14-23-21(24-15-18-6-4-12-28-18)22-10-9-17-5-3-11-27-17;/h3-8,11-13H,9-10,14-15H2,1-2H3,(H2,22,23,24);1H. The molecule has 6 nitrogen and oxygen atoms in total. The normalized spacial score (nSPS) is 10.9. The van der Waals surface area contributed by atoms with Crippen LogP contribution in [0.5, 0.6) is 11.5 Å². The lowest BCUT2D eigenvalue weighted by Gasteiger charge is -2.12. The first-order chi connectivity index (χ1) is 13.8. The number of ether oxygens (including phenoxy) is 2. The molecule has 0 aliphatic rings. The second kappa shape index (κ2) is 12.4. The van der Waals surface area contributed by atoms with Gasteiger partial charge in [-0.25, -0.2) is 4.99 Å². The summed E-state index contributed by atoms with van der Waals surface area (Å²) in [7, 11) is 3.26. The maximum Gasteiger partial charge on any atom is 0.191 e. The molecule has 0 atom stereocenters. The van der Waals surface area contributed by atoms with E-state index in [0.29, 0.717) is 18.0 Å². The fourth-order valence-electron chi connectivity index (χ4n) is 2.67. The predicted octanol–water partition coefficient (Wildman–Crippen LogP) is 4.45. The number of furan rings is 1. The van der Waals surface area contributed by atoms with Crippen molar-refractivity contribution in [3.8, 4) is 11.5 Å². The molecule has 0 aliphatic carbocycles. The molecule has 0 amide bonds. The van der Waals surface area contributed by atoms with Gasteiger partial charge in [0.2, 0.25) is 0 Å². The van der Waals surface area contributed by atoms with Gasteiger partial charge in [-0.1, -0.05) is 12.1 Å². The van der Waals surface area contributed by atoms with Crippen molar-refractivity contribution < 1.29 is 13.9 Å². The second-order valence-electron chi connectivity index (χ2n) is 6.04. The van der Waals surface area contributed by atoms with Crippen LogP contribution in [-0.4, -0.2) is 26.7 Å². The van der Waals surface area contributed by atoms with Gasteiger partial charge in [-0.15, -0.1) is 35.3 Å². The first-order valence-electron chi connectivity index (χ1n) is 9.06. The fourth-order valence-corrected chi connectivity index (χ4v) is 3.31. The molecule has 1 aromatic carbocycles. The van der Waals surface area contributed by atoms with Crippen LogP contribution in [0.15, 0.2) is 63.5 Å². The molecule has 3 aromatic rings. The number of thiophene rings is 1. The quantitative estimate of drug-likeness (QED) is 0.245. The van der Waals surface area contributed by atoms with Gasteiger partial charge in [-0.05, 0) is 41.3 Å². The Bertz CT molecular complexity index is 867. The Morgan fingerprint density at radius 3 is 2.62 bits per heavy atom. The summed E-state index contributed by atoms with van der Waals surface area (Å²) in [5.74, 6) is 3.12. The van der Waals surface area contributed by atoms with Crippen LogP contribution in [-0.2, 0) is 19.5 Å². The Balaban J connectivity index is 0.00000300. The lowest BCUT2D eigenvalue weighted by molar-refractivity contribution is 0.354. The van der Waals surface area contributed by atoms with Gasteiger partial charge >= 0.3 is 0 Å². The lowest BCUT2D eigenvalue weighted by atomic mass is 10.2. The van der Waals surface area contributed by atoms with E-state index in [9.17, 15) is 0 Å². The molecule has 0 unspecified atom stereocenters. The largest absolute Gasteiger partial charge is 0.493 e. The third-order valence-electron chi connectivity index (χ3n) is 4.12. The van der Waals surface area contributed by atoms with Gasteiger partial charge in [-0.3, -0.25) is 0 Å². The Hall–Kier alpha value is -2.20. The van der Waals surface area contributed by atoms with E-state index in [-0.39, 0.29) is 24.0 Å². The molecular weight excluding hydrogens is 501 g/mol. The van der Waals surface area contributed by atoms with E-state index < -0.39 is 0 Å². The highest BCUT2D eigenvalue weighted by Gasteiger charge is 2.06.